The highest BCUT2D eigenvalue weighted by atomic mass is 32.2. The molecule has 2 aromatic heterocycles. The molecular weight excluding hydrogens is 268 g/mol. The van der Waals surface area contributed by atoms with Crippen LogP contribution in [0.1, 0.15) is 19.6 Å². The summed E-state index contributed by atoms with van der Waals surface area (Å²) in [7, 11) is -3.72. The third-order valence-corrected chi connectivity index (χ3v) is 3.57. The first-order valence-corrected chi connectivity index (χ1v) is 7.33. The molecule has 0 aromatic carbocycles. The molecule has 0 aliphatic heterocycles. The van der Waals surface area contributed by atoms with Crippen molar-refractivity contribution in [2.75, 3.05) is 4.72 Å². The zero-order valence-electron chi connectivity index (χ0n) is 11.0. The number of imidazole rings is 1. The van der Waals surface area contributed by atoms with E-state index >= 15 is 0 Å². The predicted molar refractivity (Wildman–Crippen MR) is 69.1 cm³/mol. The number of hydrogen-bond acceptors (Lipinski definition) is 5. The molecule has 0 saturated carbocycles. The van der Waals surface area contributed by atoms with Crippen molar-refractivity contribution in [1.82, 2.24) is 14.7 Å². The molecule has 2 aromatic rings. The Morgan fingerprint density at radius 3 is 2.79 bits per heavy atom. The van der Waals surface area contributed by atoms with Gasteiger partial charge in [-0.3, -0.25) is 4.72 Å². The second-order valence-corrected chi connectivity index (χ2v) is 6.36. The van der Waals surface area contributed by atoms with Gasteiger partial charge in [0.05, 0.1) is 6.33 Å². The van der Waals surface area contributed by atoms with Crippen LogP contribution in [-0.2, 0) is 16.6 Å². The molecule has 8 heteroatoms. The van der Waals surface area contributed by atoms with Gasteiger partial charge in [0.25, 0.3) is 10.0 Å². The van der Waals surface area contributed by atoms with E-state index in [2.05, 4.69) is 14.9 Å². The number of rotatable bonds is 5. The smallest absolute Gasteiger partial charge is 0.282 e. The molecule has 0 unspecified atom stereocenters. The maximum atomic E-state index is 12.0. The van der Waals surface area contributed by atoms with Crippen LogP contribution in [0.4, 0.5) is 5.82 Å². The summed E-state index contributed by atoms with van der Waals surface area (Å²) >= 11 is 0. The molecule has 0 atom stereocenters. The van der Waals surface area contributed by atoms with Crippen LogP contribution in [0.5, 0.6) is 0 Å². The van der Waals surface area contributed by atoms with E-state index in [0.717, 1.165) is 0 Å². The Morgan fingerprint density at radius 2 is 2.21 bits per heavy atom. The van der Waals surface area contributed by atoms with Gasteiger partial charge in [-0.15, -0.1) is 0 Å². The van der Waals surface area contributed by atoms with Crippen LogP contribution in [0.15, 0.2) is 28.1 Å². The number of aryl methyl sites for hydroxylation is 1. The maximum absolute atomic E-state index is 12.0. The van der Waals surface area contributed by atoms with Gasteiger partial charge in [0, 0.05) is 18.8 Å². The van der Waals surface area contributed by atoms with Crippen LogP contribution in [0.3, 0.4) is 0 Å². The van der Waals surface area contributed by atoms with Crippen molar-refractivity contribution in [3.63, 3.8) is 0 Å². The normalized spacial score (nSPS) is 12.0. The molecule has 7 nitrogen and oxygen atoms in total. The fraction of sp³-hybridized carbons (Fsp3) is 0.455. The Hall–Kier alpha value is -1.83. The first kappa shape index (κ1) is 13.6. The number of anilines is 1. The molecule has 2 heterocycles. The molecule has 19 heavy (non-hydrogen) atoms. The van der Waals surface area contributed by atoms with E-state index in [1.165, 1.54) is 18.6 Å². The van der Waals surface area contributed by atoms with E-state index in [-0.39, 0.29) is 10.8 Å². The minimum Gasteiger partial charge on any atom is -0.360 e. The maximum Gasteiger partial charge on any atom is 0.282 e. The van der Waals surface area contributed by atoms with Crippen LogP contribution in [-0.4, -0.2) is 23.1 Å². The first-order valence-electron chi connectivity index (χ1n) is 5.85. The van der Waals surface area contributed by atoms with E-state index < -0.39 is 10.0 Å². The number of nitrogens with zero attached hydrogens (tertiary/aromatic N) is 3. The average Bonchev–Trinajstić information content (AvgIpc) is 2.87. The lowest BCUT2D eigenvalue weighted by molar-refractivity contribution is 0.400. The second kappa shape index (κ2) is 5.04. The lowest BCUT2D eigenvalue weighted by Gasteiger charge is -2.04. The van der Waals surface area contributed by atoms with E-state index in [4.69, 9.17) is 4.52 Å². The summed E-state index contributed by atoms with van der Waals surface area (Å²) in [5.74, 6) is 1.09. The van der Waals surface area contributed by atoms with Crippen LogP contribution in [0.25, 0.3) is 0 Å². The summed E-state index contributed by atoms with van der Waals surface area (Å²) in [4.78, 5) is 3.90. The van der Waals surface area contributed by atoms with Gasteiger partial charge >= 0.3 is 0 Å². The topological polar surface area (TPSA) is 90.0 Å². The molecule has 0 saturated heterocycles. The molecule has 0 radical (unpaired) electrons. The summed E-state index contributed by atoms with van der Waals surface area (Å²) in [6.07, 6.45) is 3.00. The number of nitrogens with one attached hydrogen (secondary N) is 1. The van der Waals surface area contributed by atoms with Gasteiger partial charge in [0.2, 0.25) is 0 Å². The van der Waals surface area contributed by atoms with Crippen molar-refractivity contribution in [3.05, 3.63) is 24.4 Å². The largest absolute Gasteiger partial charge is 0.360 e. The lowest BCUT2D eigenvalue weighted by Crippen LogP contribution is -2.13. The van der Waals surface area contributed by atoms with Gasteiger partial charge in [0.1, 0.15) is 5.76 Å². The molecular formula is C11H16N4O3S. The van der Waals surface area contributed by atoms with Crippen molar-refractivity contribution in [3.8, 4) is 0 Å². The Morgan fingerprint density at radius 1 is 1.47 bits per heavy atom. The fourth-order valence-corrected chi connectivity index (χ4v) is 2.54. The van der Waals surface area contributed by atoms with Crippen LogP contribution < -0.4 is 4.72 Å². The molecule has 104 valence electrons. The lowest BCUT2D eigenvalue weighted by atomic mass is 10.2. The summed E-state index contributed by atoms with van der Waals surface area (Å²) in [5, 5.41) is 3.55. The van der Waals surface area contributed by atoms with Crippen molar-refractivity contribution in [2.24, 2.45) is 5.92 Å². The van der Waals surface area contributed by atoms with Gasteiger partial charge < -0.3 is 9.09 Å². The van der Waals surface area contributed by atoms with Crippen molar-refractivity contribution in [1.29, 1.82) is 0 Å². The molecule has 0 aliphatic carbocycles. The molecule has 1 N–H and O–H groups in total. The van der Waals surface area contributed by atoms with Gasteiger partial charge in [-0.25, -0.2) is 4.98 Å². The Kier molecular flexibility index (Phi) is 3.61. The van der Waals surface area contributed by atoms with E-state index in [0.29, 0.717) is 18.2 Å². The number of sulfonamides is 1. The minimum atomic E-state index is -3.72. The van der Waals surface area contributed by atoms with Crippen LogP contribution in [0.2, 0.25) is 0 Å². The van der Waals surface area contributed by atoms with Crippen molar-refractivity contribution in [2.45, 2.75) is 32.3 Å². The molecule has 0 fully saturated rings. The molecule has 0 spiro atoms. The summed E-state index contributed by atoms with van der Waals surface area (Å²) in [6.45, 7) is 6.49. The predicted octanol–water partition coefficient (Wildman–Crippen LogP) is 1.64. The molecule has 0 amide bonds. The van der Waals surface area contributed by atoms with Crippen molar-refractivity contribution >= 4 is 15.8 Å². The summed E-state index contributed by atoms with van der Waals surface area (Å²) < 4.78 is 32.9. The van der Waals surface area contributed by atoms with Gasteiger partial charge in [-0.2, -0.15) is 8.42 Å². The monoisotopic (exact) mass is 284 g/mol. The number of aromatic nitrogens is 3. The highest BCUT2D eigenvalue weighted by Crippen LogP contribution is 2.14. The van der Waals surface area contributed by atoms with Crippen LogP contribution >= 0.6 is 0 Å². The molecule has 0 bridgehead atoms. The van der Waals surface area contributed by atoms with Gasteiger partial charge in [-0.1, -0.05) is 19.0 Å². The minimum absolute atomic E-state index is 0.0335. The Labute approximate surface area is 111 Å². The Bertz CT molecular complexity index is 657. The summed E-state index contributed by atoms with van der Waals surface area (Å²) in [6, 6.07) is 1.50. The number of hydrogen-bond donors (Lipinski definition) is 1. The summed E-state index contributed by atoms with van der Waals surface area (Å²) in [5.41, 5.74) is 0. The van der Waals surface area contributed by atoms with Gasteiger partial charge in [0.15, 0.2) is 10.8 Å². The molecule has 2 rings (SSSR count). The second-order valence-electron chi connectivity index (χ2n) is 4.73. The average molecular weight is 284 g/mol. The zero-order valence-corrected chi connectivity index (χ0v) is 11.8. The zero-order chi connectivity index (χ0) is 14.0. The van der Waals surface area contributed by atoms with Crippen molar-refractivity contribution < 1.29 is 12.9 Å². The van der Waals surface area contributed by atoms with E-state index in [1.54, 1.807) is 11.5 Å². The highest BCUT2D eigenvalue weighted by molar-refractivity contribution is 7.92. The Balaban J connectivity index is 2.17. The van der Waals surface area contributed by atoms with Crippen LogP contribution in [0, 0.1) is 12.8 Å². The quantitative estimate of drug-likeness (QED) is 0.901. The van der Waals surface area contributed by atoms with Gasteiger partial charge in [-0.05, 0) is 12.8 Å². The third kappa shape index (κ3) is 3.34. The first-order chi connectivity index (χ1) is 8.87. The fourth-order valence-electron chi connectivity index (χ4n) is 1.60. The van der Waals surface area contributed by atoms with E-state index in [9.17, 15) is 8.42 Å². The van der Waals surface area contributed by atoms with E-state index in [1.807, 2.05) is 13.8 Å². The molecule has 0 aliphatic rings. The SMILES string of the molecule is Cc1cc(NS(=O)(=O)c2cn(CC(C)C)cn2)no1. The third-order valence-electron chi connectivity index (χ3n) is 2.33. The standard InChI is InChI=1S/C11H16N4O3S/c1-8(2)5-15-6-11(12-7-15)19(16,17)14-10-4-9(3)18-13-10/h4,6-8H,5H2,1-3H3,(H,13,14). The highest BCUT2D eigenvalue weighted by Gasteiger charge is 2.19.